The molecule has 2 N–H and O–H groups in total. The summed E-state index contributed by atoms with van der Waals surface area (Å²) in [6.07, 6.45) is 0.698. The lowest BCUT2D eigenvalue weighted by Crippen LogP contribution is -2.36. The number of sulfonamides is 1. The summed E-state index contributed by atoms with van der Waals surface area (Å²) in [6, 6.07) is 12.4. The Morgan fingerprint density at radius 1 is 1.12 bits per heavy atom. The van der Waals surface area contributed by atoms with Crippen LogP contribution in [0.5, 0.6) is 0 Å². The van der Waals surface area contributed by atoms with Crippen molar-refractivity contribution in [3.63, 3.8) is 0 Å². The van der Waals surface area contributed by atoms with Crippen molar-refractivity contribution in [1.29, 1.82) is 0 Å². The quantitative estimate of drug-likeness (QED) is 0.367. The number of hydrogen-bond acceptors (Lipinski definition) is 7. The summed E-state index contributed by atoms with van der Waals surface area (Å²) in [5.41, 5.74) is 0.298. The van der Waals surface area contributed by atoms with Gasteiger partial charge in [0.1, 0.15) is 6.04 Å². The van der Waals surface area contributed by atoms with Crippen LogP contribution in [0.2, 0.25) is 0 Å². The highest BCUT2D eigenvalue weighted by molar-refractivity contribution is 7.89. The third-order valence-electron chi connectivity index (χ3n) is 5.39. The second-order valence-electron chi connectivity index (χ2n) is 8.26. The molecule has 2 aromatic heterocycles. The Labute approximate surface area is 195 Å². The Morgan fingerprint density at radius 3 is 2.53 bits per heavy atom. The lowest BCUT2D eigenvalue weighted by atomic mass is 10.1. The molecule has 0 bridgehead atoms. The first-order valence-corrected chi connectivity index (χ1v) is 12.4. The summed E-state index contributed by atoms with van der Waals surface area (Å²) in [5, 5.41) is 4.02. The molecule has 4 rings (SSSR count). The zero-order chi connectivity index (χ0) is 24.5. The number of benzene rings is 2. The molecule has 2 aromatic carbocycles. The number of rotatable bonds is 8. The van der Waals surface area contributed by atoms with E-state index in [0.717, 1.165) is 0 Å². The number of hydrogen-bond donors (Lipinski definition) is 2. The number of aromatic amines is 1. The fraction of sp³-hybridized carbons (Fsp3) is 0.304. The van der Waals surface area contributed by atoms with Crippen molar-refractivity contribution < 1.29 is 12.9 Å². The molecule has 0 fully saturated rings. The zero-order valence-electron chi connectivity index (χ0n) is 19.0. The zero-order valence-corrected chi connectivity index (χ0v) is 19.8. The number of nitrogens with zero attached hydrogens (tertiary/aromatic N) is 3. The van der Waals surface area contributed by atoms with E-state index in [9.17, 15) is 18.0 Å². The van der Waals surface area contributed by atoms with Crippen molar-refractivity contribution >= 4 is 21.1 Å². The van der Waals surface area contributed by atoms with Gasteiger partial charge >= 0.3 is 11.1 Å². The van der Waals surface area contributed by atoms with E-state index in [0.29, 0.717) is 29.6 Å². The second-order valence-corrected chi connectivity index (χ2v) is 9.97. The van der Waals surface area contributed by atoms with Crippen LogP contribution in [0.25, 0.3) is 22.4 Å². The molecular formula is C23H25N5O5S. The first-order chi connectivity index (χ1) is 16.2. The predicted octanol–water partition coefficient (Wildman–Crippen LogP) is 2.83. The van der Waals surface area contributed by atoms with E-state index in [2.05, 4.69) is 19.8 Å². The predicted molar refractivity (Wildman–Crippen MR) is 127 cm³/mol. The van der Waals surface area contributed by atoms with Gasteiger partial charge in [0.25, 0.3) is 0 Å². The monoisotopic (exact) mass is 483 g/mol. The topological polar surface area (TPSA) is 140 Å². The maximum Gasteiger partial charge on any atom is 0.316 e. The Hall–Kier alpha value is -3.57. The number of H-pyrrole nitrogens is 1. The fourth-order valence-electron chi connectivity index (χ4n) is 3.65. The Morgan fingerprint density at radius 2 is 1.85 bits per heavy atom. The molecule has 0 radical (unpaired) electrons. The first kappa shape index (κ1) is 23.6. The van der Waals surface area contributed by atoms with Crippen LogP contribution in [0.4, 0.5) is 0 Å². The highest BCUT2D eigenvalue weighted by atomic mass is 32.2. The molecule has 10 nitrogen and oxygen atoms in total. The van der Waals surface area contributed by atoms with Gasteiger partial charge in [0.05, 0.1) is 15.9 Å². The third kappa shape index (κ3) is 4.57. The van der Waals surface area contributed by atoms with Crippen LogP contribution in [0.3, 0.4) is 0 Å². The average molecular weight is 484 g/mol. The van der Waals surface area contributed by atoms with Crippen molar-refractivity contribution in [3.05, 3.63) is 75.1 Å². The van der Waals surface area contributed by atoms with Crippen LogP contribution in [0.1, 0.15) is 39.1 Å². The van der Waals surface area contributed by atoms with Gasteiger partial charge in [0.2, 0.25) is 21.7 Å². The summed E-state index contributed by atoms with van der Waals surface area (Å²) >= 11 is 0. The lowest BCUT2D eigenvalue weighted by molar-refractivity contribution is 0.311. The van der Waals surface area contributed by atoms with Crippen LogP contribution < -0.4 is 15.8 Å². The molecule has 0 unspecified atom stereocenters. The Kier molecular flexibility index (Phi) is 6.49. The van der Waals surface area contributed by atoms with Gasteiger partial charge in [-0.25, -0.2) is 8.42 Å². The van der Waals surface area contributed by atoms with E-state index in [1.165, 1.54) is 16.7 Å². The van der Waals surface area contributed by atoms with Gasteiger partial charge in [-0.3, -0.25) is 9.59 Å². The summed E-state index contributed by atoms with van der Waals surface area (Å²) < 4.78 is 35.2. The molecule has 0 saturated heterocycles. The highest BCUT2D eigenvalue weighted by Crippen LogP contribution is 2.26. The van der Waals surface area contributed by atoms with E-state index in [1.54, 1.807) is 36.4 Å². The molecule has 0 aliphatic carbocycles. The van der Waals surface area contributed by atoms with E-state index >= 15 is 0 Å². The van der Waals surface area contributed by atoms with Gasteiger partial charge in [-0.1, -0.05) is 44.1 Å². The minimum atomic E-state index is -3.81. The van der Waals surface area contributed by atoms with Crippen molar-refractivity contribution in [1.82, 2.24) is 24.4 Å². The van der Waals surface area contributed by atoms with Crippen molar-refractivity contribution in [2.24, 2.45) is 5.92 Å². The van der Waals surface area contributed by atoms with Crippen molar-refractivity contribution in [3.8, 4) is 11.4 Å². The molecule has 178 valence electrons. The van der Waals surface area contributed by atoms with Crippen LogP contribution in [-0.4, -0.2) is 28.1 Å². The van der Waals surface area contributed by atoms with Gasteiger partial charge in [0.15, 0.2) is 0 Å². The minimum absolute atomic E-state index is 0.119. The smallest absolute Gasteiger partial charge is 0.316 e. The van der Waals surface area contributed by atoms with Crippen LogP contribution in [0.15, 0.2) is 67.5 Å². The minimum Gasteiger partial charge on any atom is -0.337 e. The normalized spacial score (nSPS) is 12.9. The largest absolute Gasteiger partial charge is 0.337 e. The van der Waals surface area contributed by atoms with Crippen LogP contribution in [-0.2, 0) is 16.6 Å². The molecule has 4 aromatic rings. The molecule has 11 heteroatoms. The maximum absolute atomic E-state index is 12.8. The van der Waals surface area contributed by atoms with Gasteiger partial charge in [-0.15, -0.1) is 0 Å². The molecule has 0 aliphatic heterocycles. The summed E-state index contributed by atoms with van der Waals surface area (Å²) in [7, 11) is -3.81. The Bertz CT molecular complexity index is 1540. The first-order valence-electron chi connectivity index (χ1n) is 10.9. The van der Waals surface area contributed by atoms with Gasteiger partial charge in [0, 0.05) is 12.1 Å². The average Bonchev–Trinajstić information content (AvgIpc) is 3.30. The number of fused-ring (bicyclic) bond motifs is 1. The van der Waals surface area contributed by atoms with E-state index in [1.807, 2.05) is 20.8 Å². The summed E-state index contributed by atoms with van der Waals surface area (Å²) in [6.45, 7) is 6.03. The number of aryl methyl sites for hydroxylation is 1. The SMILES string of the molecule is CCCn1c(=O)c(=O)[nH]c2cc(-c3noc([C@@H](NS(=O)(=O)c4ccccc4)C(C)C)n3)ccc21. The van der Waals surface area contributed by atoms with Crippen molar-refractivity contribution in [2.45, 2.75) is 44.7 Å². The maximum atomic E-state index is 12.8. The molecule has 0 amide bonds. The molecular weight excluding hydrogens is 458 g/mol. The van der Waals surface area contributed by atoms with Gasteiger partial charge in [-0.05, 0) is 42.7 Å². The van der Waals surface area contributed by atoms with Crippen LogP contribution >= 0.6 is 0 Å². The standard InChI is InChI=1S/C23H25N5O5S/c1-4-12-28-18-11-10-15(13-17(18)24-21(29)23(28)30)20-25-22(33-26-20)19(14(2)3)27-34(31,32)16-8-6-5-7-9-16/h5-11,13-14,19,27H,4,12H2,1-3H3,(H,24,29)/t19-/m0/s1. The lowest BCUT2D eigenvalue weighted by Gasteiger charge is -2.18. The number of aromatic nitrogens is 4. The Balaban J connectivity index is 1.69. The molecule has 2 heterocycles. The summed E-state index contributed by atoms with van der Waals surface area (Å²) in [5.74, 6) is 0.174. The number of nitrogens with one attached hydrogen (secondary N) is 2. The van der Waals surface area contributed by atoms with Crippen molar-refractivity contribution in [2.75, 3.05) is 0 Å². The van der Waals surface area contributed by atoms with E-state index in [-0.39, 0.29) is 22.5 Å². The van der Waals surface area contributed by atoms with Gasteiger partial charge < -0.3 is 14.1 Å². The fourth-order valence-corrected chi connectivity index (χ4v) is 5.01. The molecule has 0 aliphatic rings. The van der Waals surface area contributed by atoms with E-state index in [4.69, 9.17) is 4.52 Å². The van der Waals surface area contributed by atoms with E-state index < -0.39 is 27.2 Å². The third-order valence-corrected chi connectivity index (χ3v) is 6.85. The molecule has 1 atom stereocenters. The highest BCUT2D eigenvalue weighted by Gasteiger charge is 2.28. The molecule has 0 spiro atoms. The molecule has 0 saturated carbocycles. The second kappa shape index (κ2) is 9.35. The summed E-state index contributed by atoms with van der Waals surface area (Å²) in [4.78, 5) is 31.5. The van der Waals surface area contributed by atoms with Gasteiger partial charge in [-0.2, -0.15) is 9.71 Å². The van der Waals surface area contributed by atoms with Crippen LogP contribution in [0, 0.1) is 5.92 Å². The molecule has 34 heavy (non-hydrogen) atoms.